The molecule has 0 fully saturated rings. The number of halogens is 2. The smallest absolute Gasteiger partial charge is 0.162 e. The molecule has 0 aliphatic rings. The van der Waals surface area contributed by atoms with Crippen LogP contribution in [0.5, 0.6) is 11.5 Å². The molecule has 0 saturated heterocycles. The Kier molecular flexibility index (Phi) is 5.14. The third-order valence-corrected chi connectivity index (χ3v) is 4.05. The van der Waals surface area contributed by atoms with Crippen molar-refractivity contribution in [3.63, 3.8) is 0 Å². The summed E-state index contributed by atoms with van der Waals surface area (Å²) < 4.78 is 11.5. The number of rotatable bonds is 4. The minimum atomic E-state index is -0.339. The number of aryl methyl sites for hydroxylation is 1. The van der Waals surface area contributed by atoms with Crippen molar-refractivity contribution in [3.8, 4) is 11.5 Å². The molecule has 1 atom stereocenters. The van der Waals surface area contributed by atoms with Crippen LogP contribution in [0.4, 0.5) is 0 Å². The van der Waals surface area contributed by atoms with Gasteiger partial charge in [-0.3, -0.25) is 0 Å². The van der Waals surface area contributed by atoms with Crippen molar-refractivity contribution in [3.05, 3.63) is 56.5 Å². The van der Waals surface area contributed by atoms with Gasteiger partial charge in [0.15, 0.2) is 11.5 Å². The Bertz CT molecular complexity index is 641. The number of methoxy groups -OCH3 is 2. The van der Waals surface area contributed by atoms with E-state index in [1.807, 2.05) is 31.2 Å². The number of hydrogen-bond acceptors (Lipinski definition) is 3. The van der Waals surface area contributed by atoms with Gasteiger partial charge < -0.3 is 15.2 Å². The first kappa shape index (κ1) is 16.1. The predicted octanol–water partition coefficient (Wildman–Crippen LogP) is 4.48. The highest BCUT2D eigenvalue weighted by molar-refractivity contribution is 9.10. The average molecular weight is 371 g/mol. The monoisotopic (exact) mass is 369 g/mol. The predicted molar refractivity (Wildman–Crippen MR) is 89.5 cm³/mol. The summed E-state index contributed by atoms with van der Waals surface area (Å²) in [6.45, 7) is 2.02. The standard InChI is InChI=1S/C16H17BrClNO2/c1-9-4-10(6-11(17)5-9)16(19)12-7-14(20-2)15(21-3)8-13(12)18/h4-8,16H,19H2,1-3H3. The molecule has 21 heavy (non-hydrogen) atoms. The van der Waals surface area contributed by atoms with Crippen molar-refractivity contribution in [2.75, 3.05) is 14.2 Å². The molecule has 0 aliphatic carbocycles. The van der Waals surface area contributed by atoms with Crippen LogP contribution in [0.2, 0.25) is 5.02 Å². The van der Waals surface area contributed by atoms with Crippen molar-refractivity contribution in [2.24, 2.45) is 5.73 Å². The molecule has 2 rings (SSSR count). The minimum absolute atomic E-state index is 0.339. The van der Waals surface area contributed by atoms with Gasteiger partial charge in [0.2, 0.25) is 0 Å². The van der Waals surface area contributed by atoms with Crippen molar-refractivity contribution >= 4 is 27.5 Å². The van der Waals surface area contributed by atoms with Gasteiger partial charge in [-0.05, 0) is 41.8 Å². The van der Waals surface area contributed by atoms with Gasteiger partial charge in [0.1, 0.15) is 0 Å². The average Bonchev–Trinajstić information content (AvgIpc) is 2.45. The van der Waals surface area contributed by atoms with Crippen molar-refractivity contribution < 1.29 is 9.47 Å². The molecule has 0 saturated carbocycles. The topological polar surface area (TPSA) is 44.5 Å². The second-order valence-corrected chi connectivity index (χ2v) is 6.09. The lowest BCUT2D eigenvalue weighted by atomic mass is 9.97. The van der Waals surface area contributed by atoms with Crippen molar-refractivity contribution in [2.45, 2.75) is 13.0 Å². The number of ether oxygens (including phenoxy) is 2. The maximum Gasteiger partial charge on any atom is 0.162 e. The molecule has 1 unspecified atom stereocenters. The Balaban J connectivity index is 2.49. The van der Waals surface area contributed by atoms with Crippen LogP contribution in [0.3, 0.4) is 0 Å². The lowest BCUT2D eigenvalue weighted by Crippen LogP contribution is -2.13. The molecular formula is C16H17BrClNO2. The van der Waals surface area contributed by atoms with E-state index in [4.69, 9.17) is 26.8 Å². The molecular weight excluding hydrogens is 354 g/mol. The van der Waals surface area contributed by atoms with Crippen molar-refractivity contribution in [1.29, 1.82) is 0 Å². The fourth-order valence-corrected chi connectivity index (χ4v) is 3.13. The number of hydrogen-bond donors (Lipinski definition) is 1. The minimum Gasteiger partial charge on any atom is -0.493 e. The second-order valence-electron chi connectivity index (χ2n) is 4.77. The molecule has 0 aliphatic heterocycles. The van der Waals surface area contributed by atoms with Crippen LogP contribution in [-0.2, 0) is 0 Å². The van der Waals surface area contributed by atoms with Crippen LogP contribution in [0, 0.1) is 6.92 Å². The summed E-state index contributed by atoms with van der Waals surface area (Å²) >= 11 is 9.82. The summed E-state index contributed by atoms with van der Waals surface area (Å²) in [7, 11) is 3.16. The summed E-state index contributed by atoms with van der Waals surface area (Å²) in [6.07, 6.45) is 0. The second kappa shape index (κ2) is 6.69. The zero-order valence-corrected chi connectivity index (χ0v) is 14.5. The van der Waals surface area contributed by atoms with E-state index in [1.54, 1.807) is 20.3 Å². The van der Waals surface area contributed by atoms with Crippen LogP contribution < -0.4 is 15.2 Å². The van der Waals surface area contributed by atoms with E-state index in [0.29, 0.717) is 16.5 Å². The van der Waals surface area contributed by atoms with E-state index in [-0.39, 0.29) is 6.04 Å². The van der Waals surface area contributed by atoms with E-state index < -0.39 is 0 Å². The number of benzene rings is 2. The molecule has 112 valence electrons. The molecule has 2 N–H and O–H groups in total. The third-order valence-electron chi connectivity index (χ3n) is 3.26. The summed E-state index contributed by atoms with van der Waals surface area (Å²) in [5.41, 5.74) is 9.28. The highest BCUT2D eigenvalue weighted by Gasteiger charge is 2.17. The molecule has 0 amide bonds. The molecule has 0 spiro atoms. The Labute approximate surface area is 138 Å². The maximum absolute atomic E-state index is 6.37. The third kappa shape index (κ3) is 3.51. The van der Waals surface area contributed by atoms with Crippen LogP contribution >= 0.6 is 27.5 Å². The molecule has 0 bridgehead atoms. The summed E-state index contributed by atoms with van der Waals surface area (Å²) in [5.74, 6) is 1.20. The highest BCUT2D eigenvalue weighted by atomic mass is 79.9. The first-order valence-corrected chi connectivity index (χ1v) is 7.57. The maximum atomic E-state index is 6.37. The Morgan fingerprint density at radius 1 is 1.05 bits per heavy atom. The van der Waals surface area contributed by atoms with E-state index in [2.05, 4.69) is 15.9 Å². The normalized spacial score (nSPS) is 12.1. The first-order chi connectivity index (χ1) is 9.96. The summed E-state index contributed by atoms with van der Waals surface area (Å²) in [6, 6.07) is 9.27. The van der Waals surface area contributed by atoms with Gasteiger partial charge in [0, 0.05) is 15.6 Å². The van der Waals surface area contributed by atoms with Crippen LogP contribution in [0.15, 0.2) is 34.8 Å². The van der Waals surface area contributed by atoms with E-state index in [0.717, 1.165) is 21.2 Å². The zero-order chi connectivity index (χ0) is 15.6. The fraction of sp³-hybridized carbons (Fsp3) is 0.250. The van der Waals surface area contributed by atoms with Gasteiger partial charge in [-0.2, -0.15) is 0 Å². The van der Waals surface area contributed by atoms with Crippen LogP contribution in [0.25, 0.3) is 0 Å². The van der Waals surface area contributed by atoms with Gasteiger partial charge >= 0.3 is 0 Å². The van der Waals surface area contributed by atoms with Gasteiger partial charge in [-0.25, -0.2) is 0 Å². The van der Waals surface area contributed by atoms with E-state index >= 15 is 0 Å². The van der Waals surface area contributed by atoms with Gasteiger partial charge in [0.05, 0.1) is 20.3 Å². The van der Waals surface area contributed by atoms with E-state index in [9.17, 15) is 0 Å². The van der Waals surface area contributed by atoms with E-state index in [1.165, 1.54) is 0 Å². The lowest BCUT2D eigenvalue weighted by Gasteiger charge is -2.18. The zero-order valence-electron chi connectivity index (χ0n) is 12.1. The molecule has 3 nitrogen and oxygen atoms in total. The molecule has 0 heterocycles. The Hall–Kier alpha value is -1.23. The Morgan fingerprint density at radius 2 is 1.67 bits per heavy atom. The molecule has 5 heteroatoms. The number of nitrogens with two attached hydrogens (primary N) is 1. The van der Waals surface area contributed by atoms with Crippen LogP contribution in [-0.4, -0.2) is 14.2 Å². The Morgan fingerprint density at radius 3 is 2.24 bits per heavy atom. The quantitative estimate of drug-likeness (QED) is 0.863. The first-order valence-electron chi connectivity index (χ1n) is 6.40. The van der Waals surface area contributed by atoms with Crippen LogP contribution in [0.1, 0.15) is 22.7 Å². The summed E-state index contributed by atoms with van der Waals surface area (Å²) in [4.78, 5) is 0. The molecule has 0 radical (unpaired) electrons. The van der Waals surface area contributed by atoms with Crippen molar-refractivity contribution in [1.82, 2.24) is 0 Å². The molecule has 0 aromatic heterocycles. The lowest BCUT2D eigenvalue weighted by molar-refractivity contribution is 0.354. The van der Waals surface area contributed by atoms with Gasteiger partial charge in [-0.1, -0.05) is 33.6 Å². The SMILES string of the molecule is COc1cc(Cl)c(C(N)c2cc(C)cc(Br)c2)cc1OC. The largest absolute Gasteiger partial charge is 0.493 e. The molecule has 2 aromatic carbocycles. The van der Waals surface area contributed by atoms with Gasteiger partial charge in [0.25, 0.3) is 0 Å². The molecule has 2 aromatic rings. The fourth-order valence-electron chi connectivity index (χ4n) is 2.23. The summed E-state index contributed by atoms with van der Waals surface area (Å²) in [5, 5.41) is 0.553. The van der Waals surface area contributed by atoms with Gasteiger partial charge in [-0.15, -0.1) is 0 Å². The highest BCUT2D eigenvalue weighted by Crippen LogP contribution is 2.37.